The second kappa shape index (κ2) is 5.47. The molecule has 2 aliphatic heterocycles. The van der Waals surface area contributed by atoms with Crippen molar-refractivity contribution < 1.29 is 19.4 Å². The highest BCUT2D eigenvalue weighted by Gasteiger charge is 2.58. The lowest BCUT2D eigenvalue weighted by atomic mass is 9.62. The number of aliphatic carboxylic acids is 1. The van der Waals surface area contributed by atoms with Gasteiger partial charge < -0.3 is 14.7 Å². The molecule has 5 nitrogen and oxygen atoms in total. The van der Waals surface area contributed by atoms with Gasteiger partial charge in [-0.1, -0.05) is 19.3 Å². The van der Waals surface area contributed by atoms with Crippen molar-refractivity contribution >= 4 is 11.9 Å². The highest BCUT2D eigenvalue weighted by molar-refractivity contribution is 5.79. The molecule has 2 heterocycles. The molecule has 0 aromatic heterocycles. The van der Waals surface area contributed by atoms with E-state index in [0.29, 0.717) is 24.4 Å². The van der Waals surface area contributed by atoms with Crippen LogP contribution in [-0.4, -0.2) is 47.7 Å². The number of likely N-dealkylation sites (tertiary alicyclic amines) is 1. The summed E-state index contributed by atoms with van der Waals surface area (Å²) >= 11 is 0. The quantitative estimate of drug-likeness (QED) is 0.863. The van der Waals surface area contributed by atoms with Crippen LogP contribution in [0.3, 0.4) is 0 Å². The van der Waals surface area contributed by atoms with Crippen LogP contribution in [0.4, 0.5) is 0 Å². The average molecular weight is 321 g/mol. The molecule has 2 saturated carbocycles. The lowest BCUT2D eigenvalue weighted by Crippen LogP contribution is -2.41. The van der Waals surface area contributed by atoms with Gasteiger partial charge in [-0.25, -0.2) is 0 Å². The molecule has 5 heteroatoms. The van der Waals surface area contributed by atoms with Crippen LogP contribution in [-0.2, 0) is 14.3 Å². The van der Waals surface area contributed by atoms with Crippen LogP contribution in [0.15, 0.2) is 0 Å². The molecule has 0 bridgehead atoms. The van der Waals surface area contributed by atoms with Crippen LogP contribution in [0.1, 0.15) is 57.8 Å². The number of hydrogen-bond donors (Lipinski definition) is 1. The van der Waals surface area contributed by atoms with Crippen molar-refractivity contribution in [1.82, 2.24) is 4.90 Å². The minimum Gasteiger partial charge on any atom is -0.481 e. The van der Waals surface area contributed by atoms with E-state index < -0.39 is 5.97 Å². The van der Waals surface area contributed by atoms with Crippen LogP contribution in [0.2, 0.25) is 0 Å². The standard InChI is InChI=1S/C18H27NO4/c20-15(8-17(9-16(21)22)4-1-2-5-17)19-12-18(6-3-7-18)13-10-23-11-14(13)19/h13-14H,1-12H2,(H,21,22)/t13-,14+/m1/s1. The van der Waals surface area contributed by atoms with E-state index in [0.717, 1.165) is 38.8 Å². The first-order chi connectivity index (χ1) is 11.0. The molecule has 2 saturated heterocycles. The zero-order valence-electron chi connectivity index (χ0n) is 13.8. The van der Waals surface area contributed by atoms with Crippen molar-refractivity contribution in [3.8, 4) is 0 Å². The lowest BCUT2D eigenvalue weighted by molar-refractivity contribution is -0.142. The molecule has 4 rings (SSSR count). The molecule has 0 unspecified atom stereocenters. The third kappa shape index (κ3) is 2.48. The smallest absolute Gasteiger partial charge is 0.303 e. The Kier molecular flexibility index (Phi) is 3.67. The van der Waals surface area contributed by atoms with Crippen molar-refractivity contribution in [3.05, 3.63) is 0 Å². The molecule has 23 heavy (non-hydrogen) atoms. The summed E-state index contributed by atoms with van der Waals surface area (Å²) in [6, 6.07) is 0.242. The molecule has 4 aliphatic rings. The van der Waals surface area contributed by atoms with E-state index >= 15 is 0 Å². The van der Waals surface area contributed by atoms with Gasteiger partial charge >= 0.3 is 5.97 Å². The Morgan fingerprint density at radius 2 is 1.78 bits per heavy atom. The average Bonchev–Trinajstić information content (AvgIpc) is 3.10. The first kappa shape index (κ1) is 15.4. The fourth-order valence-corrected chi connectivity index (χ4v) is 5.73. The van der Waals surface area contributed by atoms with Gasteiger partial charge in [0.05, 0.1) is 25.7 Å². The maximum atomic E-state index is 13.0. The Labute approximate surface area is 137 Å². The van der Waals surface area contributed by atoms with E-state index in [9.17, 15) is 14.7 Å². The fraction of sp³-hybridized carbons (Fsp3) is 0.889. The summed E-state index contributed by atoms with van der Waals surface area (Å²) in [6.07, 6.45) is 8.15. The van der Waals surface area contributed by atoms with E-state index in [1.807, 2.05) is 0 Å². The van der Waals surface area contributed by atoms with Crippen molar-refractivity contribution in [2.45, 2.75) is 63.8 Å². The van der Waals surface area contributed by atoms with Gasteiger partial charge in [0.15, 0.2) is 0 Å². The minimum absolute atomic E-state index is 0.141. The molecule has 4 fully saturated rings. The van der Waals surface area contributed by atoms with Crippen molar-refractivity contribution in [2.24, 2.45) is 16.7 Å². The number of ether oxygens (including phenoxy) is 1. The zero-order chi connectivity index (χ0) is 16.1. The predicted molar refractivity (Wildman–Crippen MR) is 83.9 cm³/mol. The molecule has 2 aliphatic carbocycles. The van der Waals surface area contributed by atoms with Crippen LogP contribution in [0.25, 0.3) is 0 Å². The molecular formula is C18H27NO4. The molecule has 1 N–H and O–H groups in total. The second-order valence-corrected chi connectivity index (χ2v) is 8.40. The van der Waals surface area contributed by atoms with Crippen LogP contribution in [0.5, 0.6) is 0 Å². The predicted octanol–water partition coefficient (Wildman–Crippen LogP) is 2.44. The van der Waals surface area contributed by atoms with Gasteiger partial charge in [0.1, 0.15) is 0 Å². The molecule has 0 aromatic carbocycles. The zero-order valence-corrected chi connectivity index (χ0v) is 13.8. The van der Waals surface area contributed by atoms with E-state index in [1.165, 1.54) is 19.3 Å². The summed E-state index contributed by atoms with van der Waals surface area (Å²) in [5, 5.41) is 9.25. The van der Waals surface area contributed by atoms with Gasteiger partial charge in [0.25, 0.3) is 0 Å². The second-order valence-electron chi connectivity index (χ2n) is 8.40. The Morgan fingerprint density at radius 3 is 2.39 bits per heavy atom. The maximum Gasteiger partial charge on any atom is 0.303 e. The SMILES string of the molecule is O=C(O)CC1(CC(=O)N2CC3(CCC3)[C@@H]3COC[C@@H]32)CCCC1. The first-order valence-corrected chi connectivity index (χ1v) is 9.13. The Morgan fingerprint density at radius 1 is 1.04 bits per heavy atom. The maximum absolute atomic E-state index is 13.0. The van der Waals surface area contributed by atoms with Crippen LogP contribution >= 0.6 is 0 Å². The highest BCUT2D eigenvalue weighted by atomic mass is 16.5. The Bertz CT molecular complexity index is 507. The Balaban J connectivity index is 1.49. The first-order valence-electron chi connectivity index (χ1n) is 9.13. The third-order valence-corrected chi connectivity index (χ3v) is 7.11. The summed E-state index contributed by atoms with van der Waals surface area (Å²) < 4.78 is 5.69. The van der Waals surface area contributed by atoms with E-state index in [1.54, 1.807) is 0 Å². The number of fused-ring (bicyclic) bond motifs is 2. The van der Waals surface area contributed by atoms with Gasteiger partial charge in [-0.15, -0.1) is 0 Å². The molecule has 1 spiro atoms. The normalized spacial score (nSPS) is 33.7. The van der Waals surface area contributed by atoms with Gasteiger partial charge in [-0.05, 0) is 36.5 Å². The Hall–Kier alpha value is -1.10. The van der Waals surface area contributed by atoms with Gasteiger partial charge in [0, 0.05) is 18.9 Å². The van der Waals surface area contributed by atoms with Crippen molar-refractivity contribution in [2.75, 3.05) is 19.8 Å². The highest BCUT2D eigenvalue weighted by Crippen LogP contribution is 2.56. The van der Waals surface area contributed by atoms with Crippen molar-refractivity contribution in [1.29, 1.82) is 0 Å². The lowest BCUT2D eigenvalue weighted by Gasteiger charge is -2.42. The summed E-state index contributed by atoms with van der Waals surface area (Å²) in [5.41, 5.74) is 0.0136. The fourth-order valence-electron chi connectivity index (χ4n) is 5.73. The number of amides is 1. The number of carboxylic acids is 1. The van der Waals surface area contributed by atoms with Crippen LogP contribution in [0, 0.1) is 16.7 Å². The van der Waals surface area contributed by atoms with E-state index in [-0.39, 0.29) is 23.8 Å². The van der Waals surface area contributed by atoms with Gasteiger partial charge in [-0.3, -0.25) is 9.59 Å². The summed E-state index contributed by atoms with van der Waals surface area (Å²) in [7, 11) is 0. The number of nitrogens with zero attached hydrogens (tertiary/aromatic N) is 1. The van der Waals surface area contributed by atoms with Gasteiger partial charge in [0.2, 0.25) is 5.91 Å². The number of rotatable bonds is 4. The molecule has 128 valence electrons. The minimum atomic E-state index is -0.765. The number of hydrogen-bond acceptors (Lipinski definition) is 3. The number of carbonyl (C=O) groups is 2. The summed E-state index contributed by atoms with van der Waals surface area (Å²) in [6.45, 7) is 2.35. The van der Waals surface area contributed by atoms with E-state index in [4.69, 9.17) is 4.74 Å². The monoisotopic (exact) mass is 321 g/mol. The summed E-state index contributed by atoms with van der Waals surface area (Å²) in [4.78, 5) is 26.4. The molecule has 2 atom stereocenters. The van der Waals surface area contributed by atoms with Crippen molar-refractivity contribution in [3.63, 3.8) is 0 Å². The molecule has 0 radical (unpaired) electrons. The number of carbonyl (C=O) groups excluding carboxylic acids is 1. The molecular weight excluding hydrogens is 294 g/mol. The van der Waals surface area contributed by atoms with Gasteiger partial charge in [-0.2, -0.15) is 0 Å². The van der Waals surface area contributed by atoms with E-state index in [2.05, 4.69) is 4.90 Å². The topological polar surface area (TPSA) is 66.8 Å². The third-order valence-electron chi connectivity index (χ3n) is 7.11. The largest absolute Gasteiger partial charge is 0.481 e. The molecule has 0 aromatic rings. The summed E-state index contributed by atoms with van der Waals surface area (Å²) in [5.74, 6) is -0.0738. The number of carboxylic acid groups (broad SMARTS) is 1. The van der Waals surface area contributed by atoms with Crippen LogP contribution < -0.4 is 0 Å². The molecule has 1 amide bonds.